The molecule has 0 fully saturated rings. The molecule has 0 saturated heterocycles. The van der Waals surface area contributed by atoms with Crippen molar-refractivity contribution in [3.05, 3.63) is 34.3 Å². The first-order valence-corrected chi connectivity index (χ1v) is 5.93. The highest BCUT2D eigenvalue weighted by atomic mass is 79.9. The number of anilines is 2. The summed E-state index contributed by atoms with van der Waals surface area (Å²) in [5.74, 6) is -2.07. The van der Waals surface area contributed by atoms with Crippen LogP contribution in [0.3, 0.4) is 0 Å². The lowest BCUT2D eigenvalue weighted by atomic mass is 10.3. The number of hydrogen-bond acceptors (Lipinski definition) is 5. The van der Waals surface area contributed by atoms with Crippen molar-refractivity contribution < 1.29 is 13.5 Å². The molecule has 0 aliphatic rings. The van der Waals surface area contributed by atoms with Crippen LogP contribution >= 0.6 is 15.9 Å². The second-order valence-electron chi connectivity index (χ2n) is 3.50. The summed E-state index contributed by atoms with van der Waals surface area (Å²) in [5, 5.41) is 2.74. The van der Waals surface area contributed by atoms with Crippen molar-refractivity contribution in [1.82, 2.24) is 9.97 Å². The van der Waals surface area contributed by atoms with Crippen molar-refractivity contribution in [3.63, 3.8) is 0 Å². The summed E-state index contributed by atoms with van der Waals surface area (Å²) < 4.78 is 32.3. The molecule has 2 aromatic rings. The zero-order valence-corrected chi connectivity index (χ0v) is 11.3. The van der Waals surface area contributed by atoms with Crippen molar-refractivity contribution in [2.24, 2.45) is 0 Å². The third kappa shape index (κ3) is 3.08. The van der Waals surface area contributed by atoms with E-state index in [9.17, 15) is 8.78 Å². The molecule has 1 heterocycles. The molecule has 100 valence electrons. The molecule has 5 nitrogen and oxygen atoms in total. The molecule has 0 saturated carbocycles. The Morgan fingerprint density at radius 1 is 1.26 bits per heavy atom. The van der Waals surface area contributed by atoms with E-state index in [1.165, 1.54) is 12.1 Å². The Morgan fingerprint density at radius 2 is 2.00 bits per heavy atom. The van der Waals surface area contributed by atoms with E-state index < -0.39 is 11.6 Å². The summed E-state index contributed by atoms with van der Waals surface area (Å²) >= 11 is 3.05. The smallest absolute Gasteiger partial charge is 0.226 e. The number of nitrogen functional groups attached to an aromatic ring is 1. The standard InChI is InChI=1S/C11H9BrF2N4O/c1-16-8-4-9(18-11(15)17-8)19-7-3-5(12)2-6(13)10(7)14/h2-4H,1H3,(H3,15,16,17,18). The molecular weight excluding hydrogens is 322 g/mol. The Kier molecular flexibility index (Phi) is 3.79. The summed E-state index contributed by atoms with van der Waals surface area (Å²) in [6.45, 7) is 0. The Labute approximate surface area is 115 Å². The largest absolute Gasteiger partial charge is 0.436 e. The van der Waals surface area contributed by atoms with Gasteiger partial charge in [0.15, 0.2) is 11.6 Å². The van der Waals surface area contributed by atoms with Gasteiger partial charge in [0.1, 0.15) is 5.82 Å². The molecule has 3 N–H and O–H groups in total. The molecule has 0 aliphatic carbocycles. The summed E-state index contributed by atoms with van der Waals surface area (Å²) in [6, 6.07) is 3.69. The molecule has 0 spiro atoms. The van der Waals surface area contributed by atoms with Gasteiger partial charge >= 0.3 is 0 Å². The van der Waals surface area contributed by atoms with Gasteiger partial charge in [-0.25, -0.2) is 4.39 Å². The zero-order chi connectivity index (χ0) is 14.0. The third-order valence-electron chi connectivity index (χ3n) is 2.15. The van der Waals surface area contributed by atoms with Crippen molar-refractivity contribution in [2.75, 3.05) is 18.1 Å². The minimum absolute atomic E-state index is 0.00764. The van der Waals surface area contributed by atoms with Gasteiger partial charge < -0.3 is 15.8 Å². The third-order valence-corrected chi connectivity index (χ3v) is 2.61. The maximum atomic E-state index is 13.5. The fourth-order valence-corrected chi connectivity index (χ4v) is 1.75. The van der Waals surface area contributed by atoms with Crippen molar-refractivity contribution in [2.45, 2.75) is 0 Å². The summed E-state index contributed by atoms with van der Waals surface area (Å²) in [5.41, 5.74) is 5.47. The summed E-state index contributed by atoms with van der Waals surface area (Å²) in [7, 11) is 1.63. The molecular formula is C11H9BrF2N4O. The van der Waals surface area contributed by atoms with E-state index in [1.54, 1.807) is 7.05 Å². The van der Waals surface area contributed by atoms with Gasteiger partial charge in [-0.15, -0.1) is 0 Å². The second-order valence-corrected chi connectivity index (χ2v) is 4.42. The van der Waals surface area contributed by atoms with Crippen LogP contribution in [0.4, 0.5) is 20.5 Å². The maximum Gasteiger partial charge on any atom is 0.226 e. The van der Waals surface area contributed by atoms with E-state index in [4.69, 9.17) is 10.5 Å². The number of aromatic nitrogens is 2. The molecule has 0 amide bonds. The number of nitrogens with zero attached hydrogens (tertiary/aromatic N) is 2. The van der Waals surface area contributed by atoms with Crippen LogP contribution in [0.15, 0.2) is 22.7 Å². The lowest BCUT2D eigenvalue weighted by molar-refractivity contribution is 0.405. The van der Waals surface area contributed by atoms with Crippen molar-refractivity contribution >= 4 is 27.7 Å². The van der Waals surface area contributed by atoms with Gasteiger partial charge in [-0.1, -0.05) is 15.9 Å². The van der Waals surface area contributed by atoms with Crippen LogP contribution in [-0.4, -0.2) is 17.0 Å². The van der Waals surface area contributed by atoms with E-state index in [-0.39, 0.29) is 17.6 Å². The van der Waals surface area contributed by atoms with Crippen LogP contribution < -0.4 is 15.8 Å². The fraction of sp³-hybridized carbons (Fsp3) is 0.0909. The van der Waals surface area contributed by atoms with Gasteiger partial charge in [0, 0.05) is 17.6 Å². The number of benzene rings is 1. The lowest BCUT2D eigenvalue weighted by Crippen LogP contribution is -2.02. The average molecular weight is 331 g/mol. The maximum absolute atomic E-state index is 13.5. The zero-order valence-electron chi connectivity index (χ0n) is 9.75. The molecule has 1 aromatic carbocycles. The Balaban J connectivity index is 2.38. The molecule has 19 heavy (non-hydrogen) atoms. The normalized spacial score (nSPS) is 10.3. The van der Waals surface area contributed by atoms with Gasteiger partial charge in [0.25, 0.3) is 0 Å². The highest BCUT2D eigenvalue weighted by Gasteiger charge is 2.13. The predicted molar refractivity (Wildman–Crippen MR) is 70.1 cm³/mol. The molecule has 0 atom stereocenters. The molecule has 1 aromatic heterocycles. The molecule has 2 rings (SSSR count). The Morgan fingerprint density at radius 3 is 2.68 bits per heavy atom. The SMILES string of the molecule is CNc1cc(Oc2cc(Br)cc(F)c2F)nc(N)n1. The minimum atomic E-state index is -1.11. The number of nitrogens with one attached hydrogen (secondary N) is 1. The number of rotatable bonds is 3. The Hall–Kier alpha value is -1.96. The number of nitrogens with two attached hydrogens (primary N) is 1. The van der Waals surface area contributed by atoms with E-state index in [0.29, 0.717) is 10.3 Å². The van der Waals surface area contributed by atoms with Crippen LogP contribution in [0, 0.1) is 11.6 Å². The molecule has 0 unspecified atom stereocenters. The monoisotopic (exact) mass is 330 g/mol. The van der Waals surface area contributed by atoms with Gasteiger partial charge in [-0.3, -0.25) is 0 Å². The number of ether oxygens (including phenoxy) is 1. The van der Waals surface area contributed by atoms with E-state index in [2.05, 4.69) is 31.2 Å². The first kappa shape index (κ1) is 13.5. The molecule has 0 radical (unpaired) electrons. The molecule has 0 aliphatic heterocycles. The first-order valence-electron chi connectivity index (χ1n) is 5.14. The Bertz CT molecular complexity index is 624. The average Bonchev–Trinajstić information content (AvgIpc) is 2.34. The quantitative estimate of drug-likeness (QED) is 0.846. The number of hydrogen-bond donors (Lipinski definition) is 2. The van der Waals surface area contributed by atoms with E-state index in [0.717, 1.165) is 6.07 Å². The van der Waals surface area contributed by atoms with Gasteiger partial charge in [-0.05, 0) is 12.1 Å². The van der Waals surface area contributed by atoms with Crippen molar-refractivity contribution in [3.8, 4) is 11.6 Å². The fourth-order valence-electron chi connectivity index (χ4n) is 1.34. The highest BCUT2D eigenvalue weighted by molar-refractivity contribution is 9.10. The summed E-state index contributed by atoms with van der Waals surface area (Å²) in [6.07, 6.45) is 0. The highest BCUT2D eigenvalue weighted by Crippen LogP contribution is 2.29. The van der Waals surface area contributed by atoms with Crippen LogP contribution in [0.1, 0.15) is 0 Å². The number of halogens is 3. The lowest BCUT2D eigenvalue weighted by Gasteiger charge is -2.08. The van der Waals surface area contributed by atoms with Crippen LogP contribution in [0.2, 0.25) is 0 Å². The van der Waals surface area contributed by atoms with Crippen molar-refractivity contribution in [1.29, 1.82) is 0 Å². The topological polar surface area (TPSA) is 73.1 Å². The van der Waals surface area contributed by atoms with E-state index in [1.807, 2.05) is 0 Å². The summed E-state index contributed by atoms with van der Waals surface area (Å²) in [4.78, 5) is 7.63. The van der Waals surface area contributed by atoms with Crippen LogP contribution in [0.25, 0.3) is 0 Å². The van der Waals surface area contributed by atoms with E-state index >= 15 is 0 Å². The van der Waals surface area contributed by atoms with Crippen LogP contribution in [0.5, 0.6) is 11.6 Å². The van der Waals surface area contributed by atoms with Gasteiger partial charge in [0.05, 0.1) is 0 Å². The second kappa shape index (κ2) is 5.35. The minimum Gasteiger partial charge on any atom is -0.436 e. The predicted octanol–water partition coefficient (Wildman–Crippen LogP) is 2.93. The van der Waals surface area contributed by atoms with Gasteiger partial charge in [0.2, 0.25) is 17.6 Å². The van der Waals surface area contributed by atoms with Crippen LogP contribution in [-0.2, 0) is 0 Å². The molecule has 8 heteroatoms. The van der Waals surface area contributed by atoms with Gasteiger partial charge in [-0.2, -0.15) is 14.4 Å². The molecule has 0 bridgehead atoms. The first-order chi connectivity index (χ1) is 8.99.